The summed E-state index contributed by atoms with van der Waals surface area (Å²) in [6.07, 6.45) is 5.79. The fourth-order valence-corrected chi connectivity index (χ4v) is 2.23. The van der Waals surface area contributed by atoms with E-state index in [-0.39, 0.29) is 12.8 Å². The van der Waals surface area contributed by atoms with Crippen LogP contribution in [0.1, 0.15) is 63.0 Å². The molecular weight excluding hydrogens is 316 g/mol. The Balaban J connectivity index is 2.64. The Morgan fingerprint density at radius 2 is 1.48 bits per heavy atom. The van der Waals surface area contributed by atoms with Crippen molar-refractivity contribution in [1.82, 2.24) is 0 Å². The third-order valence-corrected chi connectivity index (χ3v) is 3.68. The number of carboxylic acid groups (broad SMARTS) is 2. The summed E-state index contributed by atoms with van der Waals surface area (Å²) in [6, 6.07) is 7.53. The second-order valence-electron chi connectivity index (χ2n) is 5.73. The van der Waals surface area contributed by atoms with E-state index in [9.17, 15) is 9.59 Å². The Morgan fingerprint density at radius 3 is 2.00 bits per heavy atom. The maximum Gasteiger partial charge on any atom is 0.317 e. The minimum Gasteiger partial charge on any atom is -0.481 e. The highest BCUT2D eigenvalue weighted by molar-refractivity contribution is 5.92. The summed E-state index contributed by atoms with van der Waals surface area (Å²) in [5, 5.41) is 17.7. The van der Waals surface area contributed by atoms with Gasteiger partial charge < -0.3 is 10.2 Å². The van der Waals surface area contributed by atoms with Crippen molar-refractivity contribution in [3.63, 3.8) is 0 Å². The molecule has 0 aliphatic heterocycles. The van der Waals surface area contributed by atoms with Gasteiger partial charge in [-0.15, -0.1) is 0 Å². The maximum atomic E-state index is 10.8. The van der Waals surface area contributed by atoms with Gasteiger partial charge in [0.1, 0.15) is 0 Å². The topological polar surface area (TPSA) is 74.6 Å². The van der Waals surface area contributed by atoms with E-state index in [1.54, 1.807) is 0 Å². The Bertz CT molecular complexity index is 684. The SMILES string of the molecule is CCCCCCC#Cc1ccccc1C#CCCC(C(=O)O)C(=O)O. The number of hydrogen-bond acceptors (Lipinski definition) is 2. The molecule has 0 bridgehead atoms. The molecule has 0 aliphatic rings. The molecule has 4 nitrogen and oxygen atoms in total. The zero-order valence-electron chi connectivity index (χ0n) is 14.5. The minimum atomic E-state index is -1.41. The van der Waals surface area contributed by atoms with Gasteiger partial charge in [-0.05, 0) is 25.0 Å². The van der Waals surface area contributed by atoms with Crippen molar-refractivity contribution in [3.05, 3.63) is 35.4 Å². The van der Waals surface area contributed by atoms with Gasteiger partial charge in [-0.3, -0.25) is 9.59 Å². The lowest BCUT2D eigenvalue weighted by atomic mass is 10.0. The van der Waals surface area contributed by atoms with Crippen LogP contribution in [0.4, 0.5) is 0 Å². The smallest absolute Gasteiger partial charge is 0.317 e. The van der Waals surface area contributed by atoms with Crippen LogP contribution in [-0.2, 0) is 9.59 Å². The summed E-state index contributed by atoms with van der Waals surface area (Å²) < 4.78 is 0. The van der Waals surface area contributed by atoms with Gasteiger partial charge >= 0.3 is 11.9 Å². The van der Waals surface area contributed by atoms with Crippen molar-refractivity contribution >= 4 is 11.9 Å². The van der Waals surface area contributed by atoms with Crippen molar-refractivity contribution in [1.29, 1.82) is 0 Å². The average molecular weight is 340 g/mol. The molecule has 0 spiro atoms. The van der Waals surface area contributed by atoms with Crippen LogP contribution in [0.25, 0.3) is 0 Å². The quantitative estimate of drug-likeness (QED) is 0.427. The second kappa shape index (κ2) is 11.8. The van der Waals surface area contributed by atoms with E-state index in [4.69, 9.17) is 10.2 Å². The molecule has 1 aromatic rings. The van der Waals surface area contributed by atoms with Crippen LogP contribution in [0.3, 0.4) is 0 Å². The number of aliphatic carboxylic acids is 2. The first-order valence-electron chi connectivity index (χ1n) is 8.58. The maximum absolute atomic E-state index is 10.8. The predicted octanol–water partition coefficient (Wildman–Crippen LogP) is 3.93. The Labute approximate surface area is 149 Å². The van der Waals surface area contributed by atoms with Gasteiger partial charge in [0.25, 0.3) is 0 Å². The predicted molar refractivity (Wildman–Crippen MR) is 97.0 cm³/mol. The van der Waals surface area contributed by atoms with E-state index < -0.39 is 17.9 Å². The Morgan fingerprint density at radius 1 is 0.920 bits per heavy atom. The summed E-state index contributed by atoms with van der Waals surface area (Å²) in [6.45, 7) is 2.18. The molecule has 0 saturated heterocycles. The van der Waals surface area contributed by atoms with Crippen LogP contribution in [0.5, 0.6) is 0 Å². The van der Waals surface area contributed by atoms with Crippen molar-refractivity contribution in [2.75, 3.05) is 0 Å². The van der Waals surface area contributed by atoms with Crippen LogP contribution in [-0.4, -0.2) is 22.2 Å². The summed E-state index contributed by atoms with van der Waals surface area (Å²) >= 11 is 0. The number of unbranched alkanes of at least 4 members (excludes halogenated alkanes) is 4. The zero-order valence-corrected chi connectivity index (χ0v) is 14.5. The zero-order chi connectivity index (χ0) is 18.5. The highest BCUT2D eigenvalue weighted by Crippen LogP contribution is 2.09. The molecule has 25 heavy (non-hydrogen) atoms. The highest BCUT2D eigenvalue weighted by atomic mass is 16.4. The first-order chi connectivity index (χ1) is 12.1. The van der Waals surface area contributed by atoms with E-state index >= 15 is 0 Å². The molecule has 2 N–H and O–H groups in total. The van der Waals surface area contributed by atoms with Crippen LogP contribution >= 0.6 is 0 Å². The average Bonchev–Trinajstić information content (AvgIpc) is 2.58. The van der Waals surface area contributed by atoms with Gasteiger partial charge in [-0.1, -0.05) is 62.0 Å². The van der Waals surface area contributed by atoms with Crippen LogP contribution in [0.15, 0.2) is 24.3 Å². The second-order valence-corrected chi connectivity index (χ2v) is 5.73. The van der Waals surface area contributed by atoms with E-state index in [2.05, 4.69) is 30.6 Å². The van der Waals surface area contributed by atoms with Gasteiger partial charge in [0, 0.05) is 24.0 Å². The lowest BCUT2D eigenvalue weighted by Crippen LogP contribution is -2.22. The number of rotatable bonds is 8. The van der Waals surface area contributed by atoms with Crippen molar-refractivity contribution < 1.29 is 19.8 Å². The van der Waals surface area contributed by atoms with Crippen LogP contribution in [0.2, 0.25) is 0 Å². The van der Waals surface area contributed by atoms with Gasteiger partial charge in [-0.25, -0.2) is 0 Å². The van der Waals surface area contributed by atoms with Gasteiger partial charge in [0.05, 0.1) is 0 Å². The van der Waals surface area contributed by atoms with Gasteiger partial charge in [-0.2, -0.15) is 0 Å². The van der Waals surface area contributed by atoms with Gasteiger partial charge in [0.2, 0.25) is 0 Å². The molecule has 0 fully saturated rings. The summed E-state index contributed by atoms with van der Waals surface area (Å²) in [4.78, 5) is 21.6. The fourth-order valence-electron chi connectivity index (χ4n) is 2.23. The normalized spacial score (nSPS) is 9.68. The standard InChI is InChI=1S/C21H24O4/c1-2-3-4-5-6-7-12-17-13-8-9-14-18(17)15-10-11-16-19(20(22)23)21(24)25/h8-9,13-14,19H,2-6,11,16H2,1H3,(H,22,23)(H,24,25). The largest absolute Gasteiger partial charge is 0.481 e. The molecule has 0 saturated carbocycles. The molecule has 0 heterocycles. The number of benzene rings is 1. The van der Waals surface area contributed by atoms with Crippen molar-refractivity contribution in [2.45, 2.75) is 51.9 Å². The third kappa shape index (κ3) is 8.08. The number of carboxylic acids is 2. The van der Waals surface area contributed by atoms with Crippen molar-refractivity contribution in [2.24, 2.45) is 5.92 Å². The molecule has 0 amide bonds. The first-order valence-corrected chi connectivity index (χ1v) is 8.58. The molecule has 4 heteroatoms. The number of hydrogen-bond donors (Lipinski definition) is 2. The molecular formula is C21H24O4. The fraction of sp³-hybridized carbons (Fsp3) is 0.429. The Kier molecular flexibility index (Phi) is 9.56. The molecule has 0 aliphatic carbocycles. The van der Waals surface area contributed by atoms with Gasteiger partial charge in [0.15, 0.2) is 5.92 Å². The minimum absolute atomic E-state index is 0.0110. The van der Waals surface area contributed by atoms with E-state index in [1.165, 1.54) is 19.3 Å². The molecule has 0 atom stereocenters. The molecule has 132 valence electrons. The lowest BCUT2D eigenvalue weighted by molar-refractivity contribution is -0.154. The summed E-state index contributed by atoms with van der Waals surface area (Å²) in [5.41, 5.74) is 1.63. The number of carbonyl (C=O) groups is 2. The van der Waals surface area contributed by atoms with Crippen LogP contribution < -0.4 is 0 Å². The van der Waals surface area contributed by atoms with E-state index in [0.29, 0.717) is 0 Å². The Hall–Kier alpha value is -2.72. The van der Waals surface area contributed by atoms with E-state index in [1.807, 2.05) is 24.3 Å². The monoisotopic (exact) mass is 340 g/mol. The van der Waals surface area contributed by atoms with E-state index in [0.717, 1.165) is 24.0 Å². The molecule has 0 aromatic heterocycles. The van der Waals surface area contributed by atoms with Crippen molar-refractivity contribution in [3.8, 4) is 23.7 Å². The molecule has 1 aromatic carbocycles. The lowest BCUT2D eigenvalue weighted by Gasteiger charge is -2.03. The first kappa shape index (κ1) is 20.3. The molecule has 0 unspecified atom stereocenters. The molecule has 0 radical (unpaired) electrons. The third-order valence-electron chi connectivity index (χ3n) is 3.68. The molecule has 1 rings (SSSR count). The summed E-state index contributed by atoms with van der Waals surface area (Å²) in [7, 11) is 0. The van der Waals surface area contributed by atoms with Crippen LogP contribution in [0, 0.1) is 29.6 Å². The summed E-state index contributed by atoms with van der Waals surface area (Å²) in [5.74, 6) is 8.06. The highest BCUT2D eigenvalue weighted by Gasteiger charge is 2.24.